The molecule has 0 saturated carbocycles. The number of methoxy groups -OCH3 is 1. The third kappa shape index (κ3) is 3.07. The number of aromatic nitrogens is 3. The highest BCUT2D eigenvalue weighted by molar-refractivity contribution is 5.85. The van der Waals surface area contributed by atoms with E-state index in [-0.39, 0.29) is 0 Å². The fraction of sp³-hybridized carbons (Fsp3) is 0.429. The number of fused-ring (bicyclic) bond motifs is 2. The van der Waals surface area contributed by atoms with E-state index in [9.17, 15) is 0 Å². The van der Waals surface area contributed by atoms with Crippen molar-refractivity contribution in [2.24, 2.45) is 0 Å². The lowest BCUT2D eigenvalue weighted by Gasteiger charge is -2.27. The standard InChI is InChI=1S/C21H26N4O/c1-14(2)25-13-17(19-9-18(26-4)5-6-21(19)25)12-24-8-7-20-16(11-24)10-22-15(3)23-20/h5-6,9-10,13-14H,7-8,11-12H2,1-4H3. The Labute approximate surface area is 154 Å². The van der Waals surface area contributed by atoms with E-state index in [0.29, 0.717) is 6.04 Å². The molecule has 3 aromatic rings. The zero-order valence-electron chi connectivity index (χ0n) is 16.0. The van der Waals surface area contributed by atoms with Crippen molar-refractivity contribution in [1.29, 1.82) is 0 Å². The number of rotatable bonds is 4. The van der Waals surface area contributed by atoms with Gasteiger partial charge in [0.2, 0.25) is 0 Å². The molecule has 0 saturated heterocycles. The first-order chi connectivity index (χ1) is 12.5. The fourth-order valence-electron chi connectivity index (χ4n) is 3.83. The molecule has 1 aliphatic rings. The van der Waals surface area contributed by atoms with Crippen molar-refractivity contribution >= 4 is 10.9 Å². The van der Waals surface area contributed by atoms with Gasteiger partial charge in [-0.2, -0.15) is 0 Å². The summed E-state index contributed by atoms with van der Waals surface area (Å²) in [5, 5.41) is 1.28. The van der Waals surface area contributed by atoms with Crippen LogP contribution >= 0.6 is 0 Å². The van der Waals surface area contributed by atoms with E-state index in [1.165, 1.54) is 27.7 Å². The van der Waals surface area contributed by atoms with Crippen LogP contribution in [-0.2, 0) is 19.5 Å². The predicted octanol–water partition coefficient (Wildman–Crippen LogP) is 3.89. The molecule has 0 amide bonds. The van der Waals surface area contributed by atoms with E-state index in [2.05, 4.69) is 51.6 Å². The number of benzene rings is 1. The summed E-state index contributed by atoms with van der Waals surface area (Å²) >= 11 is 0. The molecule has 3 heterocycles. The van der Waals surface area contributed by atoms with E-state index < -0.39 is 0 Å². The highest BCUT2D eigenvalue weighted by atomic mass is 16.5. The van der Waals surface area contributed by atoms with Gasteiger partial charge in [-0.1, -0.05) is 0 Å². The minimum Gasteiger partial charge on any atom is -0.497 e. The van der Waals surface area contributed by atoms with E-state index in [1.54, 1.807) is 7.11 Å². The van der Waals surface area contributed by atoms with Gasteiger partial charge >= 0.3 is 0 Å². The van der Waals surface area contributed by atoms with Crippen LogP contribution in [0.15, 0.2) is 30.6 Å². The highest BCUT2D eigenvalue weighted by Crippen LogP contribution is 2.30. The van der Waals surface area contributed by atoms with Gasteiger partial charge in [0.05, 0.1) is 7.11 Å². The molecule has 4 rings (SSSR count). The van der Waals surface area contributed by atoms with Crippen LogP contribution in [0.5, 0.6) is 5.75 Å². The van der Waals surface area contributed by atoms with Crippen LogP contribution in [0.2, 0.25) is 0 Å². The molecule has 0 unspecified atom stereocenters. The summed E-state index contributed by atoms with van der Waals surface area (Å²) in [4.78, 5) is 11.5. The van der Waals surface area contributed by atoms with Crippen LogP contribution in [0.3, 0.4) is 0 Å². The van der Waals surface area contributed by atoms with E-state index in [1.807, 2.05) is 19.2 Å². The Hall–Kier alpha value is -2.40. The van der Waals surface area contributed by atoms with Crippen molar-refractivity contribution in [3.8, 4) is 5.75 Å². The van der Waals surface area contributed by atoms with Crippen molar-refractivity contribution in [3.63, 3.8) is 0 Å². The molecule has 1 aliphatic heterocycles. The lowest BCUT2D eigenvalue weighted by Crippen LogP contribution is -2.31. The van der Waals surface area contributed by atoms with Gasteiger partial charge in [0.15, 0.2) is 0 Å². The van der Waals surface area contributed by atoms with Crippen LogP contribution in [-0.4, -0.2) is 33.1 Å². The maximum atomic E-state index is 5.46. The largest absolute Gasteiger partial charge is 0.497 e. The Morgan fingerprint density at radius 3 is 2.88 bits per heavy atom. The molecular formula is C21H26N4O. The minimum absolute atomic E-state index is 0.429. The molecule has 1 aromatic carbocycles. The average molecular weight is 350 g/mol. The smallest absolute Gasteiger partial charge is 0.125 e. The predicted molar refractivity (Wildman–Crippen MR) is 103 cm³/mol. The van der Waals surface area contributed by atoms with Crippen LogP contribution in [0.4, 0.5) is 0 Å². The molecule has 136 valence electrons. The Morgan fingerprint density at radius 2 is 2.12 bits per heavy atom. The van der Waals surface area contributed by atoms with Crippen LogP contribution in [0.25, 0.3) is 10.9 Å². The molecule has 2 aromatic heterocycles. The lowest BCUT2D eigenvalue weighted by atomic mass is 10.1. The Kier molecular flexibility index (Phi) is 4.41. The van der Waals surface area contributed by atoms with Crippen molar-refractivity contribution in [1.82, 2.24) is 19.4 Å². The zero-order valence-corrected chi connectivity index (χ0v) is 16.0. The van der Waals surface area contributed by atoms with Gasteiger partial charge in [0.1, 0.15) is 11.6 Å². The summed E-state index contributed by atoms with van der Waals surface area (Å²) in [6.07, 6.45) is 5.28. The van der Waals surface area contributed by atoms with Crippen LogP contribution in [0, 0.1) is 6.92 Å². The Bertz CT molecular complexity index is 945. The summed E-state index contributed by atoms with van der Waals surface area (Å²) in [6, 6.07) is 6.80. The van der Waals surface area contributed by atoms with Gasteiger partial charge in [0.25, 0.3) is 0 Å². The normalized spacial score (nSPS) is 14.8. The summed E-state index contributed by atoms with van der Waals surface area (Å²) in [7, 11) is 1.73. The van der Waals surface area contributed by atoms with Crippen molar-refractivity contribution in [2.45, 2.75) is 46.3 Å². The third-order valence-electron chi connectivity index (χ3n) is 5.21. The second-order valence-corrected chi connectivity index (χ2v) is 7.39. The fourth-order valence-corrected chi connectivity index (χ4v) is 3.83. The molecule has 0 radical (unpaired) electrons. The van der Waals surface area contributed by atoms with E-state index in [4.69, 9.17) is 4.74 Å². The van der Waals surface area contributed by atoms with Crippen LogP contribution in [0.1, 0.15) is 42.5 Å². The van der Waals surface area contributed by atoms with E-state index in [0.717, 1.165) is 37.6 Å². The monoisotopic (exact) mass is 350 g/mol. The first kappa shape index (κ1) is 17.0. The summed E-state index contributed by atoms with van der Waals surface area (Å²) in [5.74, 6) is 1.78. The molecule has 0 aliphatic carbocycles. The summed E-state index contributed by atoms with van der Waals surface area (Å²) < 4.78 is 7.81. The summed E-state index contributed by atoms with van der Waals surface area (Å²) in [6.45, 7) is 9.28. The van der Waals surface area contributed by atoms with Gasteiger partial charge in [-0.25, -0.2) is 9.97 Å². The topological polar surface area (TPSA) is 43.2 Å². The number of aryl methyl sites for hydroxylation is 1. The maximum Gasteiger partial charge on any atom is 0.125 e. The van der Waals surface area contributed by atoms with Crippen molar-refractivity contribution < 1.29 is 4.74 Å². The molecule has 0 atom stereocenters. The maximum absolute atomic E-state index is 5.46. The van der Waals surface area contributed by atoms with Crippen molar-refractivity contribution in [3.05, 3.63) is 53.2 Å². The quantitative estimate of drug-likeness (QED) is 0.716. The lowest BCUT2D eigenvalue weighted by molar-refractivity contribution is 0.243. The molecule has 5 heteroatoms. The molecule has 0 spiro atoms. The first-order valence-electron chi connectivity index (χ1n) is 9.26. The molecule has 5 nitrogen and oxygen atoms in total. The van der Waals surface area contributed by atoms with E-state index >= 15 is 0 Å². The number of nitrogens with zero attached hydrogens (tertiary/aromatic N) is 4. The SMILES string of the molecule is COc1ccc2c(c1)c(CN1CCc3nc(C)ncc3C1)cn2C(C)C. The zero-order chi connectivity index (χ0) is 18.3. The molecule has 0 N–H and O–H groups in total. The van der Waals surface area contributed by atoms with Crippen molar-refractivity contribution in [2.75, 3.05) is 13.7 Å². The van der Waals surface area contributed by atoms with Crippen LogP contribution < -0.4 is 4.74 Å². The molecule has 26 heavy (non-hydrogen) atoms. The number of hydrogen-bond donors (Lipinski definition) is 0. The third-order valence-corrected chi connectivity index (χ3v) is 5.21. The highest BCUT2D eigenvalue weighted by Gasteiger charge is 2.20. The van der Waals surface area contributed by atoms with Gasteiger partial charge in [0, 0.05) is 66.7 Å². The first-order valence-corrected chi connectivity index (χ1v) is 9.26. The Balaban J connectivity index is 1.65. The average Bonchev–Trinajstić information content (AvgIpc) is 3.00. The number of ether oxygens (including phenoxy) is 1. The molecular weight excluding hydrogens is 324 g/mol. The van der Waals surface area contributed by atoms with Gasteiger partial charge < -0.3 is 9.30 Å². The van der Waals surface area contributed by atoms with Gasteiger partial charge in [-0.15, -0.1) is 0 Å². The van der Waals surface area contributed by atoms with Gasteiger partial charge in [-0.3, -0.25) is 4.90 Å². The summed E-state index contributed by atoms with van der Waals surface area (Å²) in [5.41, 5.74) is 5.09. The second kappa shape index (κ2) is 6.72. The minimum atomic E-state index is 0.429. The number of hydrogen-bond acceptors (Lipinski definition) is 4. The Morgan fingerprint density at radius 1 is 1.27 bits per heavy atom. The van der Waals surface area contributed by atoms with Gasteiger partial charge in [-0.05, 0) is 44.5 Å². The second-order valence-electron chi connectivity index (χ2n) is 7.39. The molecule has 0 bridgehead atoms. The molecule has 0 fully saturated rings.